The molecule has 2 N–H and O–H groups in total. The summed E-state index contributed by atoms with van der Waals surface area (Å²) in [6.45, 7) is 0.190. The van der Waals surface area contributed by atoms with Gasteiger partial charge in [0.2, 0.25) is 11.8 Å². The van der Waals surface area contributed by atoms with Gasteiger partial charge in [-0.05, 0) is 12.1 Å². The molecule has 1 aromatic carbocycles. The normalized spacial score (nSPS) is 11.5. The van der Waals surface area contributed by atoms with Crippen molar-refractivity contribution in [1.29, 1.82) is 0 Å². The Morgan fingerprint density at radius 1 is 1.29 bits per heavy atom. The van der Waals surface area contributed by atoms with E-state index in [1.54, 1.807) is 36.3 Å². The van der Waals surface area contributed by atoms with E-state index in [-0.39, 0.29) is 12.4 Å². The van der Waals surface area contributed by atoms with Gasteiger partial charge in [-0.25, -0.2) is 9.37 Å². The highest BCUT2D eigenvalue weighted by Crippen LogP contribution is 2.32. The zero-order valence-electron chi connectivity index (χ0n) is 12.7. The van der Waals surface area contributed by atoms with Gasteiger partial charge in [0.25, 0.3) is 0 Å². The van der Waals surface area contributed by atoms with Crippen molar-refractivity contribution < 1.29 is 8.81 Å². The number of nitrogens with two attached hydrogens (primary N) is 1. The molecular weight excluding hydrogens is 331 g/mol. The lowest BCUT2D eigenvalue weighted by atomic mass is 10.1. The number of thiazole rings is 1. The first kappa shape index (κ1) is 14.9. The fourth-order valence-corrected chi connectivity index (χ4v) is 3.43. The third kappa shape index (κ3) is 2.57. The number of rotatable bonds is 4. The minimum absolute atomic E-state index is 0.190. The average molecular weight is 344 g/mol. The summed E-state index contributed by atoms with van der Waals surface area (Å²) >= 11 is 1.28. The summed E-state index contributed by atoms with van der Waals surface area (Å²) in [5, 5.41) is 12.5. The molecule has 0 bridgehead atoms. The summed E-state index contributed by atoms with van der Waals surface area (Å²) in [7, 11) is 1.80. The van der Waals surface area contributed by atoms with Crippen molar-refractivity contribution in [2.24, 2.45) is 12.8 Å². The third-order valence-corrected chi connectivity index (χ3v) is 4.61. The molecule has 0 amide bonds. The Kier molecular flexibility index (Phi) is 3.58. The Bertz CT molecular complexity index is 1020. The van der Waals surface area contributed by atoms with E-state index in [4.69, 9.17) is 10.2 Å². The van der Waals surface area contributed by atoms with Crippen molar-refractivity contribution in [3.05, 3.63) is 47.1 Å². The zero-order chi connectivity index (χ0) is 16.7. The van der Waals surface area contributed by atoms with Gasteiger partial charge in [-0.2, -0.15) is 5.10 Å². The van der Waals surface area contributed by atoms with Crippen molar-refractivity contribution in [1.82, 2.24) is 25.0 Å². The fraction of sp³-hybridized carbons (Fsp3) is 0.200. The van der Waals surface area contributed by atoms with Gasteiger partial charge >= 0.3 is 0 Å². The molecule has 9 heteroatoms. The van der Waals surface area contributed by atoms with Crippen LogP contribution in [0.5, 0.6) is 0 Å². The molecule has 0 aliphatic carbocycles. The van der Waals surface area contributed by atoms with E-state index < -0.39 is 0 Å². The predicted octanol–water partition coefficient (Wildman–Crippen LogP) is 2.27. The lowest BCUT2D eigenvalue weighted by Gasteiger charge is -1.99. The highest BCUT2D eigenvalue weighted by molar-refractivity contribution is 7.18. The van der Waals surface area contributed by atoms with Crippen LogP contribution in [0, 0.1) is 5.82 Å². The molecule has 0 spiro atoms. The lowest BCUT2D eigenvalue weighted by molar-refractivity contribution is 0.459. The first-order chi connectivity index (χ1) is 11.6. The molecule has 0 fully saturated rings. The number of aromatic nitrogens is 5. The maximum Gasteiger partial charge on any atom is 0.230 e. The highest BCUT2D eigenvalue weighted by Gasteiger charge is 2.16. The van der Waals surface area contributed by atoms with Crippen LogP contribution in [0.1, 0.15) is 16.8 Å². The molecule has 122 valence electrons. The summed E-state index contributed by atoms with van der Waals surface area (Å²) in [6, 6.07) is 3.53. The molecule has 24 heavy (non-hydrogen) atoms. The van der Waals surface area contributed by atoms with Gasteiger partial charge in [-0.3, -0.25) is 4.68 Å². The second-order valence-electron chi connectivity index (χ2n) is 5.26. The van der Waals surface area contributed by atoms with Gasteiger partial charge in [0.15, 0.2) is 5.82 Å². The smallest absolute Gasteiger partial charge is 0.230 e. The van der Waals surface area contributed by atoms with E-state index in [0.29, 0.717) is 39.0 Å². The molecular formula is C15H13FN6OS. The Morgan fingerprint density at radius 3 is 2.83 bits per heavy atom. The molecule has 0 aliphatic rings. The molecule has 3 heterocycles. The number of halogens is 1. The van der Waals surface area contributed by atoms with Crippen molar-refractivity contribution in [2.75, 3.05) is 0 Å². The van der Waals surface area contributed by atoms with Crippen molar-refractivity contribution in [3.8, 4) is 11.1 Å². The number of hydrogen-bond donors (Lipinski definition) is 1. The van der Waals surface area contributed by atoms with Crippen molar-refractivity contribution in [3.63, 3.8) is 0 Å². The maximum atomic E-state index is 14.8. The van der Waals surface area contributed by atoms with Crippen LogP contribution in [0.25, 0.3) is 21.3 Å². The summed E-state index contributed by atoms with van der Waals surface area (Å²) in [6.07, 6.45) is 3.77. The van der Waals surface area contributed by atoms with Crippen LogP contribution >= 0.6 is 11.3 Å². The van der Waals surface area contributed by atoms with E-state index in [9.17, 15) is 4.39 Å². The monoisotopic (exact) mass is 344 g/mol. The Morgan fingerprint density at radius 2 is 2.12 bits per heavy atom. The molecule has 0 atom stereocenters. The average Bonchev–Trinajstić information content (AvgIpc) is 3.28. The molecule has 0 saturated heterocycles. The summed E-state index contributed by atoms with van der Waals surface area (Å²) in [5.74, 6) is 0.496. The largest absolute Gasteiger partial charge is 0.423 e. The predicted molar refractivity (Wildman–Crippen MR) is 86.8 cm³/mol. The molecule has 7 nitrogen and oxygen atoms in total. The van der Waals surface area contributed by atoms with Gasteiger partial charge in [0.1, 0.15) is 5.01 Å². The van der Waals surface area contributed by atoms with Crippen LogP contribution in [0.4, 0.5) is 4.39 Å². The standard InChI is InChI=1S/C15H13FN6OS/c1-22-7-8(6-18-22)9-2-3-10-15(14(9)16)24-13(19-10)4-11-20-21-12(5-17)23-11/h2-3,6-7H,4-5,17H2,1H3. The van der Waals surface area contributed by atoms with Gasteiger partial charge in [-0.15, -0.1) is 21.5 Å². The Hall–Kier alpha value is -2.65. The zero-order valence-corrected chi connectivity index (χ0v) is 13.5. The first-order valence-electron chi connectivity index (χ1n) is 7.22. The van der Waals surface area contributed by atoms with Crippen LogP contribution in [-0.4, -0.2) is 25.0 Å². The lowest BCUT2D eigenvalue weighted by Crippen LogP contribution is -1.95. The topological polar surface area (TPSA) is 95.7 Å². The quantitative estimate of drug-likeness (QED) is 0.610. The van der Waals surface area contributed by atoms with Crippen LogP contribution in [0.2, 0.25) is 0 Å². The Balaban J connectivity index is 1.71. The summed E-state index contributed by atoms with van der Waals surface area (Å²) in [5.41, 5.74) is 7.30. The van der Waals surface area contributed by atoms with Crippen LogP contribution in [0.15, 0.2) is 28.9 Å². The van der Waals surface area contributed by atoms with Gasteiger partial charge in [-0.1, -0.05) is 0 Å². The second-order valence-corrected chi connectivity index (χ2v) is 6.34. The molecule has 0 radical (unpaired) electrons. The van der Waals surface area contributed by atoms with E-state index in [1.807, 2.05) is 0 Å². The van der Waals surface area contributed by atoms with E-state index in [0.717, 1.165) is 5.56 Å². The molecule has 3 aromatic heterocycles. The number of benzene rings is 1. The summed E-state index contributed by atoms with van der Waals surface area (Å²) in [4.78, 5) is 4.44. The molecule has 0 saturated carbocycles. The molecule has 0 aliphatic heterocycles. The Labute approximate surface area is 139 Å². The van der Waals surface area contributed by atoms with Crippen LogP contribution in [0.3, 0.4) is 0 Å². The SMILES string of the molecule is Cn1cc(-c2ccc3nc(Cc4nnc(CN)o4)sc3c2F)cn1. The number of aryl methyl sites for hydroxylation is 1. The number of fused-ring (bicyclic) bond motifs is 1. The fourth-order valence-electron chi connectivity index (χ4n) is 2.44. The van der Waals surface area contributed by atoms with Crippen LogP contribution < -0.4 is 5.73 Å². The van der Waals surface area contributed by atoms with Crippen molar-refractivity contribution >= 4 is 21.6 Å². The number of nitrogens with zero attached hydrogens (tertiary/aromatic N) is 5. The van der Waals surface area contributed by atoms with Gasteiger partial charge < -0.3 is 10.2 Å². The van der Waals surface area contributed by atoms with Gasteiger partial charge in [0, 0.05) is 24.4 Å². The minimum Gasteiger partial charge on any atom is -0.423 e. The van der Waals surface area contributed by atoms with Gasteiger partial charge in [0.05, 0.1) is 29.4 Å². The van der Waals surface area contributed by atoms with E-state index in [1.165, 1.54) is 11.3 Å². The maximum absolute atomic E-state index is 14.8. The highest BCUT2D eigenvalue weighted by atomic mass is 32.1. The van der Waals surface area contributed by atoms with Crippen molar-refractivity contribution in [2.45, 2.75) is 13.0 Å². The van der Waals surface area contributed by atoms with Crippen LogP contribution in [-0.2, 0) is 20.0 Å². The molecule has 4 aromatic rings. The van der Waals surface area contributed by atoms with E-state index in [2.05, 4.69) is 20.3 Å². The second kappa shape index (κ2) is 5.77. The minimum atomic E-state index is -0.294. The number of hydrogen-bond acceptors (Lipinski definition) is 7. The van der Waals surface area contributed by atoms with E-state index >= 15 is 0 Å². The molecule has 0 unspecified atom stereocenters. The third-order valence-electron chi connectivity index (χ3n) is 3.54. The summed E-state index contributed by atoms with van der Waals surface area (Å²) < 4.78 is 22.4. The molecule has 4 rings (SSSR count). The first-order valence-corrected chi connectivity index (χ1v) is 8.04.